The minimum Gasteiger partial charge on any atom is -0.498 e. The van der Waals surface area contributed by atoms with Gasteiger partial charge in [-0.2, -0.15) is 0 Å². The Bertz CT molecular complexity index is 1380. The van der Waals surface area contributed by atoms with Crippen molar-refractivity contribution < 1.29 is 19.1 Å². The molecule has 0 bridgehead atoms. The fraction of sp³-hybridized carbons (Fsp3) is 0.873. The summed E-state index contributed by atoms with van der Waals surface area (Å²) >= 11 is 0. The number of ether oxygens (including phenoxy) is 2. The van der Waals surface area contributed by atoms with Gasteiger partial charge in [-0.05, 0) is 121 Å². The highest BCUT2D eigenvalue weighted by atomic mass is 16.5. The van der Waals surface area contributed by atoms with Gasteiger partial charge in [-0.25, -0.2) is 0 Å². The third kappa shape index (κ3) is 33.0. The van der Waals surface area contributed by atoms with Crippen LogP contribution < -0.4 is 21.7 Å². The van der Waals surface area contributed by atoms with Crippen molar-refractivity contribution in [3.63, 3.8) is 0 Å². The Kier molecular flexibility index (Phi) is 41.7. The number of rotatable bonds is 51. The second-order valence-corrected chi connectivity index (χ2v) is 22.1. The molecular formula is C63H118N4O4. The van der Waals surface area contributed by atoms with Crippen LogP contribution in [0.2, 0.25) is 0 Å². The summed E-state index contributed by atoms with van der Waals surface area (Å²) in [6.07, 6.45) is 53.8. The maximum Gasteiger partial charge on any atom is 0.308 e. The van der Waals surface area contributed by atoms with E-state index in [0.717, 1.165) is 109 Å². The molecule has 2 aliphatic carbocycles. The average Bonchev–Trinajstić information content (AvgIpc) is 3.34. The molecule has 0 radical (unpaired) electrons. The third-order valence-corrected chi connectivity index (χ3v) is 15.7. The lowest BCUT2D eigenvalue weighted by Gasteiger charge is -2.28. The van der Waals surface area contributed by atoms with E-state index in [-0.39, 0.29) is 23.8 Å². The molecule has 3 atom stereocenters. The second-order valence-electron chi connectivity index (χ2n) is 22.1. The lowest BCUT2D eigenvalue weighted by Crippen LogP contribution is -2.46. The molecule has 3 unspecified atom stereocenters. The Balaban J connectivity index is 1.74. The SMILES string of the molecule is C/C=C(/N)NCCC(NC(CCCCCCCOC(=O)C(CCCCCC)CCCCCCCC)=C1CCC1)C(=O)NCCCCCCCCOC(=C1CCC1)C(CCCCCC)CCCCCCCC. The van der Waals surface area contributed by atoms with E-state index in [1.807, 2.05) is 13.0 Å². The van der Waals surface area contributed by atoms with Gasteiger partial charge in [0.05, 0.1) is 30.7 Å². The van der Waals surface area contributed by atoms with Gasteiger partial charge < -0.3 is 31.2 Å². The lowest BCUT2D eigenvalue weighted by molar-refractivity contribution is -0.149. The van der Waals surface area contributed by atoms with Crippen LogP contribution in [0.5, 0.6) is 0 Å². The van der Waals surface area contributed by atoms with E-state index in [0.29, 0.717) is 31.3 Å². The number of allylic oxidation sites excluding steroid dienone is 5. The summed E-state index contributed by atoms with van der Waals surface area (Å²) in [4.78, 5) is 26.9. The van der Waals surface area contributed by atoms with Crippen molar-refractivity contribution in [2.45, 2.75) is 317 Å². The van der Waals surface area contributed by atoms with Crippen LogP contribution in [0.4, 0.5) is 0 Å². The van der Waals surface area contributed by atoms with Gasteiger partial charge in [-0.3, -0.25) is 9.59 Å². The largest absolute Gasteiger partial charge is 0.498 e. The summed E-state index contributed by atoms with van der Waals surface area (Å²) in [5, 5.41) is 10.4. The van der Waals surface area contributed by atoms with Crippen LogP contribution in [0.25, 0.3) is 0 Å². The van der Waals surface area contributed by atoms with Crippen LogP contribution in [0.3, 0.4) is 0 Å². The quantitative estimate of drug-likeness (QED) is 0.0273. The molecule has 414 valence electrons. The Hall–Kier alpha value is -2.64. The first-order valence-corrected chi connectivity index (χ1v) is 31.3. The molecule has 2 fully saturated rings. The Morgan fingerprint density at radius 1 is 0.493 bits per heavy atom. The highest BCUT2D eigenvalue weighted by Crippen LogP contribution is 2.37. The standard InChI is InChI=1S/C63H118N4O4/c1-6-11-15-19-24-32-41-55(40-30-17-13-8-3)61(56-46-39-47-56)70-52-36-28-22-21-27-35-50-66-62(68)59(49-51-65-60(64)10-5)67-58(54-44-38-45-54)48-34-26-23-29-37-53-71-63(69)57(42-31-18-14-9-4)43-33-25-20-16-12-7-2/h10,55,57,59,65,67H,6-9,11-53,64H2,1-5H3,(H,66,68)/b60-10-. The summed E-state index contributed by atoms with van der Waals surface area (Å²) in [5.74, 6) is 2.93. The van der Waals surface area contributed by atoms with Crippen LogP contribution in [0.15, 0.2) is 34.5 Å². The number of hydrogen-bond acceptors (Lipinski definition) is 7. The molecule has 0 saturated heterocycles. The summed E-state index contributed by atoms with van der Waals surface area (Å²) in [6.45, 7) is 13.8. The molecule has 5 N–H and O–H groups in total. The van der Waals surface area contributed by atoms with E-state index >= 15 is 0 Å². The average molecular weight is 996 g/mol. The molecular weight excluding hydrogens is 877 g/mol. The van der Waals surface area contributed by atoms with Crippen molar-refractivity contribution in [1.82, 2.24) is 16.0 Å². The second kappa shape index (κ2) is 45.9. The van der Waals surface area contributed by atoms with E-state index in [4.69, 9.17) is 15.2 Å². The van der Waals surface area contributed by atoms with Crippen molar-refractivity contribution in [2.75, 3.05) is 26.3 Å². The maximum absolute atomic E-state index is 13.8. The van der Waals surface area contributed by atoms with Gasteiger partial charge in [0.25, 0.3) is 0 Å². The van der Waals surface area contributed by atoms with Crippen molar-refractivity contribution >= 4 is 11.9 Å². The number of amides is 1. The van der Waals surface area contributed by atoms with E-state index in [1.54, 1.807) is 5.57 Å². The fourth-order valence-electron chi connectivity index (χ4n) is 10.5. The molecule has 0 aromatic heterocycles. The number of esters is 1. The molecule has 8 nitrogen and oxygen atoms in total. The zero-order chi connectivity index (χ0) is 51.3. The van der Waals surface area contributed by atoms with Gasteiger partial charge in [-0.15, -0.1) is 0 Å². The number of nitrogens with one attached hydrogen (secondary N) is 3. The van der Waals surface area contributed by atoms with Crippen LogP contribution in [0.1, 0.15) is 311 Å². The zero-order valence-electron chi connectivity index (χ0n) is 47.8. The van der Waals surface area contributed by atoms with Gasteiger partial charge in [0.2, 0.25) is 5.91 Å². The number of nitrogens with two attached hydrogens (primary N) is 1. The fourth-order valence-corrected chi connectivity index (χ4v) is 10.5. The number of carbonyl (C=O) groups excluding carboxylic acids is 2. The molecule has 2 aliphatic rings. The van der Waals surface area contributed by atoms with Crippen LogP contribution in [0, 0.1) is 11.8 Å². The van der Waals surface area contributed by atoms with Crippen LogP contribution in [-0.2, 0) is 19.1 Å². The Labute approximate surface area is 440 Å². The molecule has 0 aromatic carbocycles. The summed E-state index contributed by atoms with van der Waals surface area (Å²) in [6, 6.07) is -0.289. The molecule has 1 amide bonds. The van der Waals surface area contributed by atoms with Crippen molar-refractivity contribution in [3.8, 4) is 0 Å². The monoisotopic (exact) mass is 995 g/mol. The third-order valence-electron chi connectivity index (χ3n) is 15.7. The molecule has 71 heavy (non-hydrogen) atoms. The van der Waals surface area contributed by atoms with Crippen LogP contribution >= 0.6 is 0 Å². The first-order valence-electron chi connectivity index (χ1n) is 31.3. The zero-order valence-corrected chi connectivity index (χ0v) is 47.8. The topological polar surface area (TPSA) is 115 Å². The predicted octanol–water partition coefficient (Wildman–Crippen LogP) is 17.7. The molecule has 2 rings (SSSR count). The molecule has 0 aromatic rings. The molecule has 0 spiro atoms. The maximum atomic E-state index is 13.8. The highest BCUT2D eigenvalue weighted by Gasteiger charge is 2.25. The van der Waals surface area contributed by atoms with E-state index < -0.39 is 0 Å². The van der Waals surface area contributed by atoms with Crippen molar-refractivity contribution in [1.29, 1.82) is 0 Å². The molecule has 2 saturated carbocycles. The van der Waals surface area contributed by atoms with E-state index in [9.17, 15) is 9.59 Å². The predicted molar refractivity (Wildman–Crippen MR) is 305 cm³/mol. The van der Waals surface area contributed by atoms with E-state index in [2.05, 4.69) is 43.6 Å². The first kappa shape index (κ1) is 64.5. The summed E-state index contributed by atoms with van der Waals surface area (Å²) < 4.78 is 12.6. The van der Waals surface area contributed by atoms with E-state index in [1.165, 1.54) is 190 Å². The van der Waals surface area contributed by atoms with Gasteiger partial charge in [0.15, 0.2) is 0 Å². The molecule has 8 heteroatoms. The smallest absolute Gasteiger partial charge is 0.308 e. The summed E-state index contributed by atoms with van der Waals surface area (Å²) in [7, 11) is 0. The number of carbonyl (C=O) groups is 2. The minimum atomic E-state index is -0.289. The highest BCUT2D eigenvalue weighted by molar-refractivity contribution is 5.82. The molecule has 0 heterocycles. The van der Waals surface area contributed by atoms with Gasteiger partial charge in [-0.1, -0.05) is 207 Å². The minimum absolute atomic E-state index is 0.0489. The summed E-state index contributed by atoms with van der Waals surface area (Å²) in [5.41, 5.74) is 10.5. The van der Waals surface area contributed by atoms with Crippen molar-refractivity contribution in [3.05, 3.63) is 34.5 Å². The molecule has 0 aliphatic heterocycles. The van der Waals surface area contributed by atoms with Gasteiger partial charge in [0, 0.05) is 24.7 Å². The Morgan fingerprint density at radius 2 is 0.930 bits per heavy atom. The van der Waals surface area contributed by atoms with Crippen molar-refractivity contribution in [2.24, 2.45) is 17.6 Å². The van der Waals surface area contributed by atoms with Crippen LogP contribution in [-0.4, -0.2) is 44.2 Å². The lowest BCUT2D eigenvalue weighted by atomic mass is 9.83. The number of hydrogen-bond donors (Lipinski definition) is 4. The first-order chi connectivity index (χ1) is 34.9. The number of unbranched alkanes of at least 4 members (excludes halogenated alkanes) is 25. The van der Waals surface area contributed by atoms with Gasteiger partial charge in [0.1, 0.15) is 6.04 Å². The Morgan fingerprint density at radius 3 is 1.42 bits per heavy atom. The van der Waals surface area contributed by atoms with Gasteiger partial charge >= 0.3 is 5.97 Å². The normalized spacial score (nSPS) is 14.9.